The smallest absolute Gasteiger partial charge is 0.270 e. The van der Waals surface area contributed by atoms with Gasteiger partial charge >= 0.3 is 0 Å². The first-order valence-electron chi connectivity index (χ1n) is 10.6. The minimum atomic E-state index is -0.386. The number of para-hydroxylation sites is 2. The van der Waals surface area contributed by atoms with Gasteiger partial charge in [0.25, 0.3) is 11.8 Å². The first-order chi connectivity index (χ1) is 15.0. The lowest BCUT2D eigenvalue weighted by Crippen LogP contribution is -2.38. The van der Waals surface area contributed by atoms with E-state index >= 15 is 0 Å². The zero-order valence-electron chi connectivity index (χ0n) is 18.5. The molecule has 0 aliphatic rings. The largest absolute Gasteiger partial charge is 0.496 e. The highest BCUT2D eigenvalue weighted by molar-refractivity contribution is 6.07. The Kier molecular flexibility index (Phi) is 7.13. The van der Waals surface area contributed by atoms with Crippen LogP contribution in [0.2, 0.25) is 0 Å². The van der Waals surface area contributed by atoms with Crippen LogP contribution in [0.3, 0.4) is 0 Å². The van der Waals surface area contributed by atoms with Crippen LogP contribution >= 0.6 is 0 Å². The number of hydrogen-bond acceptors (Lipinski definition) is 3. The van der Waals surface area contributed by atoms with Crippen molar-refractivity contribution in [1.82, 2.24) is 14.8 Å². The summed E-state index contributed by atoms with van der Waals surface area (Å²) < 4.78 is 7.44. The van der Waals surface area contributed by atoms with Crippen LogP contribution in [0.4, 0.5) is 0 Å². The van der Waals surface area contributed by atoms with Crippen molar-refractivity contribution in [3.8, 4) is 5.75 Å². The number of carbonyl (C=O) groups excluding carboxylic acids is 2. The molecule has 162 valence electrons. The lowest BCUT2D eigenvalue weighted by Gasteiger charge is -2.21. The first-order valence-corrected chi connectivity index (χ1v) is 10.6. The summed E-state index contributed by atoms with van der Waals surface area (Å²) in [5.74, 6) is -0.151. The fourth-order valence-corrected chi connectivity index (χ4v) is 3.66. The van der Waals surface area contributed by atoms with Crippen molar-refractivity contribution in [3.05, 3.63) is 71.6 Å². The second-order valence-corrected chi connectivity index (χ2v) is 7.08. The SMILES string of the molecule is CCN(CC)C(=O)/C(=C/c1cn(CC)c2ccccc12)NC(=O)c1ccccc1OC. The van der Waals surface area contributed by atoms with Crippen LogP contribution in [0.15, 0.2) is 60.4 Å². The number of aromatic nitrogens is 1. The van der Waals surface area contributed by atoms with Crippen molar-refractivity contribution in [2.75, 3.05) is 20.2 Å². The molecule has 0 saturated carbocycles. The predicted molar refractivity (Wildman–Crippen MR) is 124 cm³/mol. The maximum absolute atomic E-state index is 13.2. The minimum absolute atomic E-state index is 0.221. The maximum Gasteiger partial charge on any atom is 0.270 e. The number of rotatable bonds is 8. The summed E-state index contributed by atoms with van der Waals surface area (Å²) in [4.78, 5) is 28.0. The van der Waals surface area contributed by atoms with Crippen molar-refractivity contribution in [1.29, 1.82) is 0 Å². The molecule has 6 nitrogen and oxygen atoms in total. The van der Waals surface area contributed by atoms with E-state index in [9.17, 15) is 9.59 Å². The fraction of sp³-hybridized carbons (Fsp3) is 0.280. The Morgan fingerprint density at radius 2 is 1.71 bits per heavy atom. The fourth-order valence-electron chi connectivity index (χ4n) is 3.66. The molecule has 0 unspecified atom stereocenters. The summed E-state index contributed by atoms with van der Waals surface area (Å²) in [6.45, 7) is 7.82. The van der Waals surface area contributed by atoms with E-state index in [0.29, 0.717) is 24.4 Å². The van der Waals surface area contributed by atoms with E-state index < -0.39 is 0 Å². The third-order valence-electron chi connectivity index (χ3n) is 5.34. The molecule has 0 saturated heterocycles. The van der Waals surface area contributed by atoms with Crippen LogP contribution in [0, 0.1) is 0 Å². The van der Waals surface area contributed by atoms with Gasteiger partial charge in [0, 0.05) is 42.3 Å². The molecule has 0 fully saturated rings. The molecule has 6 heteroatoms. The van der Waals surface area contributed by atoms with Crippen molar-refractivity contribution >= 4 is 28.8 Å². The summed E-state index contributed by atoms with van der Waals surface area (Å²) in [6, 6.07) is 15.0. The average Bonchev–Trinajstić information content (AvgIpc) is 3.16. The third-order valence-corrected chi connectivity index (χ3v) is 5.34. The van der Waals surface area contributed by atoms with E-state index in [0.717, 1.165) is 23.0 Å². The summed E-state index contributed by atoms with van der Waals surface area (Å²) in [5, 5.41) is 3.87. The molecule has 0 aliphatic heterocycles. The maximum atomic E-state index is 13.2. The van der Waals surface area contributed by atoms with E-state index in [1.165, 1.54) is 7.11 Å². The highest BCUT2D eigenvalue weighted by Crippen LogP contribution is 2.24. The predicted octanol–water partition coefficient (Wildman–Crippen LogP) is 4.31. The number of benzene rings is 2. The number of likely N-dealkylation sites (N-methyl/N-ethyl adjacent to an activating group) is 1. The second-order valence-electron chi connectivity index (χ2n) is 7.08. The second kappa shape index (κ2) is 9.98. The number of fused-ring (bicyclic) bond motifs is 1. The van der Waals surface area contributed by atoms with E-state index in [4.69, 9.17) is 4.74 Å². The quantitative estimate of drug-likeness (QED) is 0.554. The number of carbonyl (C=O) groups is 2. The van der Waals surface area contributed by atoms with Crippen LogP contribution in [-0.2, 0) is 11.3 Å². The van der Waals surface area contributed by atoms with Crippen molar-refractivity contribution < 1.29 is 14.3 Å². The molecule has 3 rings (SSSR count). The number of methoxy groups -OCH3 is 1. The van der Waals surface area contributed by atoms with Crippen molar-refractivity contribution in [3.63, 3.8) is 0 Å². The first kappa shape index (κ1) is 22.2. The van der Waals surface area contributed by atoms with Gasteiger partial charge in [0.15, 0.2) is 0 Å². The van der Waals surface area contributed by atoms with Gasteiger partial charge < -0.3 is 19.5 Å². The lowest BCUT2D eigenvalue weighted by molar-refractivity contribution is -0.127. The van der Waals surface area contributed by atoms with Gasteiger partial charge in [-0.3, -0.25) is 9.59 Å². The van der Waals surface area contributed by atoms with Crippen LogP contribution in [0.25, 0.3) is 17.0 Å². The number of aryl methyl sites for hydroxylation is 1. The molecule has 1 aromatic heterocycles. The third kappa shape index (κ3) is 4.63. The van der Waals surface area contributed by atoms with Crippen LogP contribution in [0.1, 0.15) is 36.7 Å². The summed E-state index contributed by atoms with van der Waals surface area (Å²) in [5.41, 5.74) is 2.58. The lowest BCUT2D eigenvalue weighted by atomic mass is 10.1. The van der Waals surface area contributed by atoms with Crippen LogP contribution in [0.5, 0.6) is 5.75 Å². The molecule has 2 aromatic carbocycles. The molecule has 0 radical (unpaired) electrons. The van der Waals surface area contributed by atoms with Crippen LogP contribution < -0.4 is 10.1 Å². The molecule has 1 heterocycles. The molecule has 0 atom stereocenters. The highest BCUT2D eigenvalue weighted by atomic mass is 16.5. The Hall–Kier alpha value is -3.54. The molecule has 0 bridgehead atoms. The van der Waals surface area contributed by atoms with Gasteiger partial charge in [-0.1, -0.05) is 30.3 Å². The van der Waals surface area contributed by atoms with E-state index in [2.05, 4.69) is 22.9 Å². The summed E-state index contributed by atoms with van der Waals surface area (Å²) >= 11 is 0. The molecular formula is C25H29N3O3. The minimum Gasteiger partial charge on any atom is -0.496 e. The average molecular weight is 420 g/mol. The summed E-state index contributed by atoms with van der Waals surface area (Å²) in [6.07, 6.45) is 3.78. The monoisotopic (exact) mass is 419 g/mol. The Bertz CT molecular complexity index is 1110. The van der Waals surface area contributed by atoms with Crippen LogP contribution in [-0.4, -0.2) is 41.5 Å². The molecule has 0 aliphatic carbocycles. The normalized spacial score (nSPS) is 11.4. The number of amides is 2. The standard InChI is InChI=1S/C25H29N3O3/c1-5-27(6-2)25(30)21(26-24(29)20-13-9-11-15-23(20)31-4)16-18-17-28(7-3)22-14-10-8-12-19(18)22/h8-17H,5-7H2,1-4H3,(H,26,29)/b21-16-. The molecule has 2 amide bonds. The van der Waals surface area contributed by atoms with E-state index in [1.54, 1.807) is 35.2 Å². The van der Waals surface area contributed by atoms with Gasteiger partial charge in [0.05, 0.1) is 12.7 Å². The summed E-state index contributed by atoms with van der Waals surface area (Å²) in [7, 11) is 1.52. The van der Waals surface area contributed by atoms with Gasteiger partial charge in [-0.05, 0) is 45.0 Å². The van der Waals surface area contributed by atoms with Crippen molar-refractivity contribution in [2.45, 2.75) is 27.3 Å². The Morgan fingerprint density at radius 1 is 1.03 bits per heavy atom. The van der Waals surface area contributed by atoms with E-state index in [-0.39, 0.29) is 17.5 Å². The van der Waals surface area contributed by atoms with Gasteiger partial charge in [-0.15, -0.1) is 0 Å². The number of ether oxygens (including phenoxy) is 1. The van der Waals surface area contributed by atoms with Crippen molar-refractivity contribution in [2.24, 2.45) is 0 Å². The Balaban J connectivity index is 2.07. The topological polar surface area (TPSA) is 63.6 Å². The van der Waals surface area contributed by atoms with Gasteiger partial charge in [-0.25, -0.2) is 0 Å². The zero-order chi connectivity index (χ0) is 22.4. The number of nitrogens with one attached hydrogen (secondary N) is 1. The number of nitrogens with zero attached hydrogens (tertiary/aromatic N) is 2. The van der Waals surface area contributed by atoms with Gasteiger partial charge in [-0.2, -0.15) is 0 Å². The molecule has 31 heavy (non-hydrogen) atoms. The Labute approximate surface area is 183 Å². The number of hydrogen-bond donors (Lipinski definition) is 1. The Morgan fingerprint density at radius 3 is 2.39 bits per heavy atom. The molecule has 1 N–H and O–H groups in total. The zero-order valence-corrected chi connectivity index (χ0v) is 18.5. The molecule has 0 spiro atoms. The van der Waals surface area contributed by atoms with E-state index in [1.807, 2.05) is 38.2 Å². The molecular weight excluding hydrogens is 390 g/mol. The molecule has 3 aromatic rings. The van der Waals surface area contributed by atoms with Gasteiger partial charge in [0.1, 0.15) is 11.4 Å². The van der Waals surface area contributed by atoms with Gasteiger partial charge in [0.2, 0.25) is 0 Å². The highest BCUT2D eigenvalue weighted by Gasteiger charge is 2.21.